The van der Waals surface area contributed by atoms with Crippen LogP contribution in [0.2, 0.25) is 0 Å². The zero-order chi connectivity index (χ0) is 22.7. The van der Waals surface area contributed by atoms with Crippen molar-refractivity contribution in [2.45, 2.75) is 20.4 Å². The van der Waals surface area contributed by atoms with Gasteiger partial charge in [-0.3, -0.25) is 9.59 Å². The number of nitrogens with one attached hydrogen (secondary N) is 1. The lowest BCUT2D eigenvalue weighted by Crippen LogP contribution is -2.13. The molecule has 0 saturated heterocycles. The highest BCUT2D eigenvalue weighted by Crippen LogP contribution is 2.35. The number of rotatable bonds is 7. The number of anilines is 1. The summed E-state index contributed by atoms with van der Waals surface area (Å²) in [4.78, 5) is 35.7. The quantitative estimate of drug-likeness (QED) is 0.387. The molecule has 0 fully saturated rings. The zero-order valence-electron chi connectivity index (χ0n) is 17.3. The summed E-state index contributed by atoms with van der Waals surface area (Å²) < 4.78 is 13.0. The van der Waals surface area contributed by atoms with Crippen LogP contribution in [0.3, 0.4) is 0 Å². The van der Waals surface area contributed by atoms with Gasteiger partial charge in [0.1, 0.15) is 5.75 Å². The number of aryl methyl sites for hydroxylation is 1. The number of primary amides is 1. The highest BCUT2D eigenvalue weighted by molar-refractivity contribution is 9.10. The first-order valence-electron chi connectivity index (χ1n) is 9.53. The number of amides is 1. The Morgan fingerprint density at radius 2 is 1.94 bits per heavy atom. The van der Waals surface area contributed by atoms with Crippen LogP contribution in [0.15, 0.2) is 40.9 Å². The maximum atomic E-state index is 12.8. The van der Waals surface area contributed by atoms with Gasteiger partial charge in [0.15, 0.2) is 0 Å². The second-order valence-corrected chi connectivity index (χ2v) is 7.65. The predicted molar refractivity (Wildman–Crippen MR) is 120 cm³/mol. The standard InChI is InChI=1S/C22H22BrN3O5/c1-4-30-22(29)20-15-9-19(31-12(2)27)16(23)10-17(15)26(3)18(20)11-25-14-7-5-6-13(8-14)21(24)28/h5-10,25H,4,11H2,1-3H3,(H2,24,28). The van der Waals surface area contributed by atoms with Crippen LogP contribution < -0.4 is 15.8 Å². The fourth-order valence-corrected chi connectivity index (χ4v) is 3.74. The number of carbonyl (C=O) groups excluding carboxylic acids is 3. The van der Waals surface area contributed by atoms with Crippen LogP contribution in [0.1, 0.15) is 40.3 Å². The average molecular weight is 488 g/mol. The van der Waals surface area contributed by atoms with Gasteiger partial charge in [0, 0.05) is 30.6 Å². The molecule has 9 heteroatoms. The molecule has 162 valence electrons. The van der Waals surface area contributed by atoms with Crippen molar-refractivity contribution in [1.29, 1.82) is 0 Å². The fraction of sp³-hybridized carbons (Fsp3) is 0.227. The van der Waals surface area contributed by atoms with Gasteiger partial charge in [0.05, 0.1) is 34.4 Å². The highest BCUT2D eigenvalue weighted by atomic mass is 79.9. The van der Waals surface area contributed by atoms with Crippen LogP contribution in [0.4, 0.5) is 5.69 Å². The lowest BCUT2D eigenvalue weighted by Gasteiger charge is -2.11. The maximum Gasteiger partial charge on any atom is 0.340 e. The predicted octanol–water partition coefficient (Wildman–Crippen LogP) is 3.75. The van der Waals surface area contributed by atoms with Crippen LogP contribution in [0, 0.1) is 0 Å². The van der Waals surface area contributed by atoms with Crippen LogP contribution in [-0.2, 0) is 23.1 Å². The zero-order valence-corrected chi connectivity index (χ0v) is 18.9. The molecule has 1 aromatic heterocycles. The minimum Gasteiger partial charge on any atom is -0.462 e. The van der Waals surface area contributed by atoms with Crippen molar-refractivity contribution in [2.24, 2.45) is 12.8 Å². The van der Waals surface area contributed by atoms with Crippen molar-refractivity contribution in [1.82, 2.24) is 4.57 Å². The van der Waals surface area contributed by atoms with Crippen LogP contribution in [0.25, 0.3) is 10.9 Å². The molecule has 0 unspecified atom stereocenters. The summed E-state index contributed by atoms with van der Waals surface area (Å²) in [5.41, 5.74) is 8.21. The van der Waals surface area contributed by atoms with Gasteiger partial charge in [-0.05, 0) is 53.2 Å². The molecule has 0 aliphatic carbocycles. The van der Waals surface area contributed by atoms with E-state index in [1.807, 2.05) is 11.6 Å². The van der Waals surface area contributed by atoms with E-state index in [0.29, 0.717) is 38.1 Å². The van der Waals surface area contributed by atoms with Gasteiger partial charge >= 0.3 is 11.9 Å². The van der Waals surface area contributed by atoms with E-state index in [0.717, 1.165) is 5.52 Å². The first kappa shape index (κ1) is 22.4. The van der Waals surface area contributed by atoms with Crippen LogP contribution in [0.5, 0.6) is 5.75 Å². The minimum atomic E-state index is -0.525. The van der Waals surface area contributed by atoms with Gasteiger partial charge in [-0.25, -0.2) is 4.79 Å². The third kappa shape index (κ3) is 4.72. The van der Waals surface area contributed by atoms with E-state index >= 15 is 0 Å². The molecule has 0 atom stereocenters. The Hall–Kier alpha value is -3.33. The third-order valence-corrected chi connectivity index (χ3v) is 5.33. The number of hydrogen-bond donors (Lipinski definition) is 2. The van der Waals surface area contributed by atoms with Gasteiger partial charge in [-0.2, -0.15) is 0 Å². The van der Waals surface area contributed by atoms with Gasteiger partial charge in [-0.15, -0.1) is 0 Å². The monoisotopic (exact) mass is 487 g/mol. The van der Waals surface area contributed by atoms with Gasteiger partial charge < -0.3 is 25.1 Å². The van der Waals surface area contributed by atoms with Crippen molar-refractivity contribution in [2.75, 3.05) is 11.9 Å². The maximum absolute atomic E-state index is 12.8. The molecule has 3 aromatic rings. The average Bonchev–Trinajstić information content (AvgIpc) is 2.98. The Labute approximate surface area is 187 Å². The molecule has 31 heavy (non-hydrogen) atoms. The summed E-state index contributed by atoms with van der Waals surface area (Å²) >= 11 is 3.41. The van der Waals surface area contributed by atoms with Crippen molar-refractivity contribution >= 4 is 50.4 Å². The molecule has 1 heterocycles. The lowest BCUT2D eigenvalue weighted by molar-refractivity contribution is -0.131. The largest absolute Gasteiger partial charge is 0.462 e. The van der Waals surface area contributed by atoms with E-state index in [1.54, 1.807) is 43.3 Å². The summed E-state index contributed by atoms with van der Waals surface area (Å²) in [5, 5.41) is 3.82. The van der Waals surface area contributed by atoms with Gasteiger partial charge in [0.25, 0.3) is 0 Å². The second kappa shape index (κ2) is 9.22. The topological polar surface area (TPSA) is 113 Å². The summed E-state index contributed by atoms with van der Waals surface area (Å²) in [6.07, 6.45) is 0. The first-order valence-corrected chi connectivity index (χ1v) is 10.3. The normalized spacial score (nSPS) is 10.7. The van der Waals surface area contributed by atoms with E-state index in [2.05, 4.69) is 21.2 Å². The number of ether oxygens (including phenoxy) is 2. The molecule has 2 aromatic carbocycles. The molecular weight excluding hydrogens is 466 g/mol. The molecule has 0 spiro atoms. The molecule has 3 rings (SSSR count). The Bertz CT molecular complexity index is 1190. The molecule has 0 bridgehead atoms. The molecule has 0 radical (unpaired) electrons. The minimum absolute atomic E-state index is 0.218. The molecule has 8 nitrogen and oxygen atoms in total. The molecule has 0 aliphatic heterocycles. The van der Waals surface area contributed by atoms with Crippen molar-refractivity contribution in [3.05, 3.63) is 57.7 Å². The SMILES string of the molecule is CCOC(=O)c1c(CNc2cccc(C(N)=O)c2)n(C)c2cc(Br)c(OC(C)=O)cc12. The summed E-state index contributed by atoms with van der Waals surface area (Å²) in [7, 11) is 1.83. The van der Waals surface area contributed by atoms with Gasteiger partial charge in [-0.1, -0.05) is 6.07 Å². The van der Waals surface area contributed by atoms with Crippen molar-refractivity contribution < 1.29 is 23.9 Å². The van der Waals surface area contributed by atoms with Gasteiger partial charge in [0.2, 0.25) is 5.91 Å². The molecule has 0 aliphatic rings. The summed E-state index contributed by atoms with van der Waals surface area (Å²) in [6.45, 7) is 3.54. The van der Waals surface area contributed by atoms with E-state index in [9.17, 15) is 14.4 Å². The first-order chi connectivity index (χ1) is 14.7. The van der Waals surface area contributed by atoms with Crippen molar-refractivity contribution in [3.8, 4) is 5.75 Å². The third-order valence-electron chi connectivity index (χ3n) is 4.71. The van der Waals surface area contributed by atoms with Crippen LogP contribution in [-0.4, -0.2) is 29.0 Å². The number of fused-ring (bicyclic) bond motifs is 1. The number of esters is 2. The Morgan fingerprint density at radius 1 is 1.19 bits per heavy atom. The molecule has 0 saturated carbocycles. The second-order valence-electron chi connectivity index (χ2n) is 6.79. The van der Waals surface area contributed by atoms with Crippen molar-refractivity contribution in [3.63, 3.8) is 0 Å². The number of halogens is 1. The smallest absolute Gasteiger partial charge is 0.340 e. The molecular formula is C22H22BrN3O5. The number of aromatic nitrogens is 1. The Balaban J connectivity index is 2.08. The molecule has 1 amide bonds. The van der Waals surface area contributed by atoms with E-state index < -0.39 is 17.8 Å². The van der Waals surface area contributed by atoms with E-state index in [-0.39, 0.29) is 13.2 Å². The number of hydrogen-bond acceptors (Lipinski definition) is 6. The number of nitrogens with two attached hydrogens (primary N) is 1. The number of benzene rings is 2. The fourth-order valence-electron chi connectivity index (χ4n) is 3.33. The Morgan fingerprint density at radius 3 is 2.58 bits per heavy atom. The summed E-state index contributed by atoms with van der Waals surface area (Å²) in [6, 6.07) is 10.2. The van der Waals surface area contributed by atoms with Crippen LogP contribution >= 0.6 is 15.9 Å². The van der Waals surface area contributed by atoms with E-state index in [4.69, 9.17) is 15.2 Å². The summed E-state index contributed by atoms with van der Waals surface area (Å²) in [5.74, 6) is -1.16. The van der Waals surface area contributed by atoms with E-state index in [1.165, 1.54) is 6.92 Å². The number of carbonyl (C=O) groups is 3. The Kier molecular flexibility index (Phi) is 6.65. The molecule has 3 N–H and O–H groups in total. The lowest BCUT2D eigenvalue weighted by atomic mass is 10.1. The number of nitrogens with zero attached hydrogens (tertiary/aromatic N) is 1. The highest BCUT2D eigenvalue weighted by Gasteiger charge is 2.24.